The van der Waals surface area contributed by atoms with Gasteiger partial charge in [0.05, 0.1) is 17.6 Å². The second-order valence-corrected chi connectivity index (χ2v) is 5.20. The SMILES string of the molecule is CCN1CCCC1CN(C)Cc1ccc(N)cn1. The van der Waals surface area contributed by atoms with Gasteiger partial charge in [-0.1, -0.05) is 6.92 Å². The smallest absolute Gasteiger partial charge is 0.0545 e. The summed E-state index contributed by atoms with van der Waals surface area (Å²) in [5.74, 6) is 0. The number of nitrogen functional groups attached to an aromatic ring is 1. The maximum Gasteiger partial charge on any atom is 0.0545 e. The van der Waals surface area contributed by atoms with Crippen molar-refractivity contribution in [3.63, 3.8) is 0 Å². The van der Waals surface area contributed by atoms with Crippen molar-refractivity contribution in [1.29, 1.82) is 0 Å². The highest BCUT2D eigenvalue weighted by molar-refractivity contribution is 5.34. The number of aromatic nitrogens is 1. The quantitative estimate of drug-likeness (QED) is 0.859. The summed E-state index contributed by atoms with van der Waals surface area (Å²) in [4.78, 5) is 9.29. The number of anilines is 1. The van der Waals surface area contributed by atoms with Crippen molar-refractivity contribution in [2.24, 2.45) is 0 Å². The third-order valence-electron chi connectivity index (χ3n) is 3.71. The first-order valence-corrected chi connectivity index (χ1v) is 6.82. The number of nitrogens with two attached hydrogens (primary N) is 1. The lowest BCUT2D eigenvalue weighted by Gasteiger charge is -2.27. The minimum absolute atomic E-state index is 0.716. The Morgan fingerprint density at radius 2 is 2.33 bits per heavy atom. The predicted octanol–water partition coefficient (Wildman–Crippen LogP) is 1.58. The Morgan fingerprint density at radius 3 is 3.00 bits per heavy atom. The first kappa shape index (κ1) is 13.3. The van der Waals surface area contributed by atoms with E-state index in [0.29, 0.717) is 6.04 Å². The summed E-state index contributed by atoms with van der Waals surface area (Å²) in [6, 6.07) is 4.65. The minimum Gasteiger partial charge on any atom is -0.397 e. The number of rotatable bonds is 5. The molecule has 1 aliphatic heterocycles. The van der Waals surface area contributed by atoms with E-state index in [4.69, 9.17) is 5.73 Å². The maximum atomic E-state index is 5.64. The van der Waals surface area contributed by atoms with Crippen LogP contribution in [0.5, 0.6) is 0 Å². The molecule has 0 saturated carbocycles. The van der Waals surface area contributed by atoms with Crippen molar-refractivity contribution < 1.29 is 0 Å². The summed E-state index contributed by atoms with van der Waals surface area (Å²) in [6.45, 7) is 6.70. The molecule has 0 spiro atoms. The lowest BCUT2D eigenvalue weighted by molar-refractivity contribution is 0.194. The van der Waals surface area contributed by atoms with E-state index in [1.54, 1.807) is 6.20 Å². The average Bonchev–Trinajstić information content (AvgIpc) is 2.79. The molecule has 1 aliphatic rings. The summed E-state index contributed by atoms with van der Waals surface area (Å²) in [7, 11) is 2.17. The molecule has 4 nitrogen and oxygen atoms in total. The first-order valence-electron chi connectivity index (χ1n) is 6.82. The van der Waals surface area contributed by atoms with Crippen molar-refractivity contribution in [2.75, 3.05) is 32.4 Å². The average molecular weight is 248 g/mol. The minimum atomic E-state index is 0.716. The zero-order valence-electron chi connectivity index (χ0n) is 11.5. The third-order valence-corrected chi connectivity index (χ3v) is 3.71. The standard InChI is InChI=1S/C14H24N4/c1-3-18-8-4-5-14(18)11-17(2)10-13-7-6-12(15)9-16-13/h6-7,9,14H,3-5,8,10-11,15H2,1-2H3. The van der Waals surface area contributed by atoms with Crippen LogP contribution in [0.15, 0.2) is 18.3 Å². The fraction of sp³-hybridized carbons (Fsp3) is 0.643. The van der Waals surface area contributed by atoms with Crippen LogP contribution >= 0.6 is 0 Å². The molecule has 0 bridgehead atoms. The van der Waals surface area contributed by atoms with Crippen LogP contribution in [-0.2, 0) is 6.54 Å². The molecule has 0 aromatic carbocycles. The van der Waals surface area contributed by atoms with Crippen LogP contribution in [0.1, 0.15) is 25.5 Å². The van der Waals surface area contributed by atoms with Gasteiger partial charge in [0.2, 0.25) is 0 Å². The molecule has 18 heavy (non-hydrogen) atoms. The third kappa shape index (κ3) is 3.43. The number of hydrogen-bond acceptors (Lipinski definition) is 4. The highest BCUT2D eigenvalue weighted by atomic mass is 15.2. The maximum absolute atomic E-state index is 5.64. The zero-order valence-corrected chi connectivity index (χ0v) is 11.5. The largest absolute Gasteiger partial charge is 0.397 e. The van der Waals surface area contributed by atoms with E-state index in [2.05, 4.69) is 28.8 Å². The van der Waals surface area contributed by atoms with Gasteiger partial charge in [-0.15, -0.1) is 0 Å². The second-order valence-electron chi connectivity index (χ2n) is 5.20. The van der Waals surface area contributed by atoms with Gasteiger partial charge in [0, 0.05) is 19.1 Å². The van der Waals surface area contributed by atoms with Crippen molar-refractivity contribution >= 4 is 5.69 Å². The fourth-order valence-corrected chi connectivity index (χ4v) is 2.75. The number of hydrogen-bond donors (Lipinski definition) is 1. The van der Waals surface area contributed by atoms with Gasteiger partial charge in [0.1, 0.15) is 0 Å². The number of nitrogens with zero attached hydrogens (tertiary/aromatic N) is 3. The summed E-state index contributed by atoms with van der Waals surface area (Å²) in [6.07, 6.45) is 4.40. The Morgan fingerprint density at radius 1 is 1.50 bits per heavy atom. The van der Waals surface area contributed by atoms with Gasteiger partial charge < -0.3 is 5.73 Å². The Kier molecular flexibility index (Phi) is 4.55. The molecule has 1 aromatic rings. The normalized spacial score (nSPS) is 20.7. The van der Waals surface area contributed by atoms with E-state index < -0.39 is 0 Å². The van der Waals surface area contributed by atoms with Crippen molar-refractivity contribution in [3.8, 4) is 0 Å². The van der Waals surface area contributed by atoms with Crippen LogP contribution in [0, 0.1) is 0 Å². The van der Waals surface area contributed by atoms with Crippen molar-refractivity contribution in [1.82, 2.24) is 14.8 Å². The van der Waals surface area contributed by atoms with E-state index in [1.807, 2.05) is 12.1 Å². The fourth-order valence-electron chi connectivity index (χ4n) is 2.75. The van der Waals surface area contributed by atoms with Crippen LogP contribution in [0.25, 0.3) is 0 Å². The summed E-state index contributed by atoms with van der Waals surface area (Å²) in [5, 5.41) is 0. The molecule has 1 unspecified atom stereocenters. The molecule has 2 rings (SSSR count). The molecule has 1 atom stereocenters. The number of likely N-dealkylation sites (tertiary alicyclic amines) is 1. The highest BCUT2D eigenvalue weighted by Crippen LogP contribution is 2.17. The Hall–Kier alpha value is -1.13. The predicted molar refractivity (Wildman–Crippen MR) is 75.3 cm³/mol. The molecular formula is C14H24N4. The van der Waals surface area contributed by atoms with Gasteiger partial charge in [-0.2, -0.15) is 0 Å². The first-order chi connectivity index (χ1) is 8.69. The van der Waals surface area contributed by atoms with Gasteiger partial charge in [-0.25, -0.2) is 0 Å². The zero-order chi connectivity index (χ0) is 13.0. The van der Waals surface area contributed by atoms with E-state index in [9.17, 15) is 0 Å². The van der Waals surface area contributed by atoms with Gasteiger partial charge in [-0.05, 0) is 45.1 Å². The van der Waals surface area contributed by atoms with Crippen molar-refractivity contribution in [2.45, 2.75) is 32.4 Å². The monoisotopic (exact) mass is 248 g/mol. The Balaban J connectivity index is 1.84. The van der Waals surface area contributed by atoms with Crippen molar-refractivity contribution in [3.05, 3.63) is 24.0 Å². The van der Waals surface area contributed by atoms with Gasteiger partial charge in [0.25, 0.3) is 0 Å². The van der Waals surface area contributed by atoms with Crippen LogP contribution in [0.2, 0.25) is 0 Å². The van der Waals surface area contributed by atoms with Crippen LogP contribution in [0.4, 0.5) is 5.69 Å². The number of likely N-dealkylation sites (N-methyl/N-ethyl adjacent to an activating group) is 2. The van der Waals surface area contributed by atoms with E-state index in [0.717, 1.165) is 24.5 Å². The molecule has 1 saturated heterocycles. The summed E-state index contributed by atoms with van der Waals surface area (Å²) < 4.78 is 0. The lowest BCUT2D eigenvalue weighted by atomic mass is 10.2. The molecular weight excluding hydrogens is 224 g/mol. The summed E-state index contributed by atoms with van der Waals surface area (Å²) >= 11 is 0. The molecule has 1 fully saturated rings. The molecule has 1 aromatic heterocycles. The van der Waals surface area contributed by atoms with Gasteiger partial charge in [-0.3, -0.25) is 14.8 Å². The second kappa shape index (κ2) is 6.16. The summed E-state index contributed by atoms with van der Waals surface area (Å²) in [5.41, 5.74) is 7.46. The molecule has 0 radical (unpaired) electrons. The molecule has 100 valence electrons. The van der Waals surface area contributed by atoms with Crippen LogP contribution in [-0.4, -0.2) is 47.5 Å². The number of pyridine rings is 1. The molecule has 2 heterocycles. The van der Waals surface area contributed by atoms with E-state index >= 15 is 0 Å². The molecule has 4 heteroatoms. The lowest BCUT2D eigenvalue weighted by Crippen LogP contribution is -2.38. The van der Waals surface area contributed by atoms with Gasteiger partial charge >= 0.3 is 0 Å². The van der Waals surface area contributed by atoms with Crippen LogP contribution in [0.3, 0.4) is 0 Å². The van der Waals surface area contributed by atoms with Crippen LogP contribution < -0.4 is 5.73 Å². The molecule has 2 N–H and O–H groups in total. The molecule has 0 amide bonds. The topological polar surface area (TPSA) is 45.4 Å². The molecule has 0 aliphatic carbocycles. The Bertz CT molecular complexity index is 363. The van der Waals surface area contributed by atoms with Gasteiger partial charge in [0.15, 0.2) is 0 Å². The van der Waals surface area contributed by atoms with E-state index in [1.165, 1.54) is 25.9 Å². The van der Waals surface area contributed by atoms with E-state index in [-0.39, 0.29) is 0 Å². The highest BCUT2D eigenvalue weighted by Gasteiger charge is 2.23. The Labute approximate surface area is 110 Å².